The smallest absolute Gasteiger partial charge is 0.315 e. The fourth-order valence-corrected chi connectivity index (χ4v) is 4.96. The zero-order valence-electron chi connectivity index (χ0n) is 19.6. The molecule has 1 fully saturated rings. The summed E-state index contributed by atoms with van der Waals surface area (Å²) in [5, 5.41) is 12.9. The molecule has 4 rings (SSSR count). The maximum atomic E-state index is 12.2. The van der Waals surface area contributed by atoms with E-state index in [2.05, 4.69) is 26.3 Å². The summed E-state index contributed by atoms with van der Waals surface area (Å²) in [6, 6.07) is 9.17. The molecule has 2 heterocycles. The molecule has 1 saturated carbocycles. The summed E-state index contributed by atoms with van der Waals surface area (Å²) < 4.78 is 6.94. The summed E-state index contributed by atoms with van der Waals surface area (Å²) in [6.07, 6.45) is 5.68. The quantitative estimate of drug-likeness (QED) is 0.399. The predicted molar refractivity (Wildman–Crippen MR) is 134 cm³/mol. The van der Waals surface area contributed by atoms with E-state index in [-0.39, 0.29) is 30.1 Å². The summed E-state index contributed by atoms with van der Waals surface area (Å²) >= 11 is 1.55. The van der Waals surface area contributed by atoms with Gasteiger partial charge < -0.3 is 26.0 Å². The Morgan fingerprint density at radius 3 is 2.62 bits per heavy atom. The van der Waals surface area contributed by atoms with Crippen molar-refractivity contribution in [2.45, 2.75) is 57.7 Å². The van der Waals surface area contributed by atoms with Crippen LogP contribution in [0.25, 0.3) is 10.2 Å². The minimum absolute atomic E-state index is 0.0552. The molecule has 2 aromatic heterocycles. The molecule has 34 heavy (non-hydrogen) atoms. The van der Waals surface area contributed by atoms with Gasteiger partial charge in [0, 0.05) is 37.5 Å². The van der Waals surface area contributed by atoms with Crippen LogP contribution in [-0.4, -0.2) is 47.1 Å². The van der Waals surface area contributed by atoms with E-state index < -0.39 is 0 Å². The van der Waals surface area contributed by atoms with Crippen molar-refractivity contribution in [3.05, 3.63) is 42.2 Å². The molecule has 0 aliphatic heterocycles. The third-order valence-electron chi connectivity index (χ3n) is 5.60. The lowest BCUT2D eigenvalue weighted by molar-refractivity contribution is 0.0957. The number of urea groups is 1. The van der Waals surface area contributed by atoms with Crippen molar-refractivity contribution in [1.29, 1.82) is 0 Å². The highest BCUT2D eigenvalue weighted by Crippen LogP contribution is 2.33. The largest absolute Gasteiger partial charge is 0.457 e. The zero-order valence-corrected chi connectivity index (χ0v) is 20.4. The lowest BCUT2D eigenvalue weighted by Gasteiger charge is -2.32. The Morgan fingerprint density at radius 2 is 1.85 bits per heavy atom. The fourth-order valence-electron chi connectivity index (χ4n) is 4.00. The number of pyridine rings is 1. The monoisotopic (exact) mass is 482 g/mol. The summed E-state index contributed by atoms with van der Waals surface area (Å²) in [5.41, 5.74) is 1.17. The first-order chi connectivity index (χ1) is 16.4. The second-order valence-electron chi connectivity index (χ2n) is 8.62. The van der Waals surface area contributed by atoms with Crippen LogP contribution in [0, 0.1) is 0 Å². The molecule has 10 heteroatoms. The van der Waals surface area contributed by atoms with Gasteiger partial charge in [-0.15, -0.1) is 0 Å². The van der Waals surface area contributed by atoms with Gasteiger partial charge in [0.25, 0.3) is 5.91 Å². The Bertz CT molecular complexity index is 1160. The van der Waals surface area contributed by atoms with E-state index in [4.69, 9.17) is 9.72 Å². The highest BCUT2D eigenvalue weighted by Gasteiger charge is 2.27. The number of anilines is 1. The molecule has 1 aliphatic rings. The van der Waals surface area contributed by atoms with E-state index in [0.29, 0.717) is 17.2 Å². The molecule has 4 N–H and O–H groups in total. The van der Waals surface area contributed by atoms with Gasteiger partial charge in [0.1, 0.15) is 17.2 Å². The second kappa shape index (κ2) is 10.7. The normalized spacial score (nSPS) is 17.9. The van der Waals surface area contributed by atoms with Crippen LogP contribution in [0.15, 0.2) is 36.5 Å². The summed E-state index contributed by atoms with van der Waals surface area (Å²) in [6.45, 7) is 3.90. The molecule has 9 nitrogen and oxygen atoms in total. The number of thiazole rings is 1. The standard InChI is InChI=1S/C24H30N6O3S/c1-14(2)27-23(32)28-17-6-4-5-7-18(17)29-24-30-19-9-8-15(13-21(19)34-24)33-16-10-11-26-20(12-16)22(31)25-3/h8-14,17-18H,4-7H2,1-3H3,(H,25,31)(H,29,30)(H2,27,28,32)/t17-,18+/m1/s1. The second-order valence-corrected chi connectivity index (χ2v) is 9.65. The van der Waals surface area contributed by atoms with Gasteiger partial charge in [0.15, 0.2) is 5.13 Å². The number of fused-ring (bicyclic) bond motifs is 1. The number of ether oxygens (including phenoxy) is 1. The fraction of sp³-hybridized carbons (Fsp3) is 0.417. The van der Waals surface area contributed by atoms with E-state index in [9.17, 15) is 9.59 Å². The van der Waals surface area contributed by atoms with Gasteiger partial charge in [-0.3, -0.25) is 9.78 Å². The van der Waals surface area contributed by atoms with Crippen LogP contribution < -0.4 is 26.0 Å². The first-order valence-electron chi connectivity index (χ1n) is 11.5. The summed E-state index contributed by atoms with van der Waals surface area (Å²) in [5.74, 6) is 0.919. The van der Waals surface area contributed by atoms with Crippen LogP contribution in [0.1, 0.15) is 50.0 Å². The number of hydrogen-bond donors (Lipinski definition) is 4. The summed E-state index contributed by atoms with van der Waals surface area (Å²) in [7, 11) is 1.56. The van der Waals surface area contributed by atoms with Crippen molar-refractivity contribution < 1.29 is 14.3 Å². The van der Waals surface area contributed by atoms with Crippen LogP contribution in [0.3, 0.4) is 0 Å². The van der Waals surface area contributed by atoms with Gasteiger partial charge in [-0.2, -0.15) is 0 Å². The van der Waals surface area contributed by atoms with Crippen molar-refractivity contribution in [2.24, 2.45) is 0 Å². The third-order valence-corrected chi connectivity index (χ3v) is 6.55. The van der Waals surface area contributed by atoms with Crippen molar-refractivity contribution in [3.8, 4) is 11.5 Å². The minimum atomic E-state index is -0.267. The topological polar surface area (TPSA) is 117 Å². The number of carbonyl (C=O) groups excluding carboxylic acids is 2. The Morgan fingerprint density at radius 1 is 1.09 bits per heavy atom. The molecule has 0 saturated heterocycles. The van der Waals surface area contributed by atoms with Gasteiger partial charge >= 0.3 is 6.03 Å². The first kappa shape index (κ1) is 23.7. The Labute approximate surface area is 202 Å². The highest BCUT2D eigenvalue weighted by molar-refractivity contribution is 7.22. The molecule has 0 spiro atoms. The van der Waals surface area contributed by atoms with Gasteiger partial charge in [-0.25, -0.2) is 9.78 Å². The molecule has 0 bridgehead atoms. The highest BCUT2D eigenvalue weighted by atomic mass is 32.1. The minimum Gasteiger partial charge on any atom is -0.457 e. The number of nitrogens with zero attached hydrogens (tertiary/aromatic N) is 2. The van der Waals surface area contributed by atoms with Gasteiger partial charge in [-0.05, 0) is 44.9 Å². The number of hydrogen-bond acceptors (Lipinski definition) is 7. The SMILES string of the molecule is CNC(=O)c1cc(Oc2ccc3nc(N[C@H]4CCCC[C@H]4NC(=O)NC(C)C)sc3c2)ccn1. The third kappa shape index (κ3) is 5.93. The molecule has 3 amide bonds. The maximum Gasteiger partial charge on any atom is 0.315 e. The molecule has 3 aromatic rings. The van der Waals surface area contributed by atoms with Crippen LogP contribution in [0.5, 0.6) is 11.5 Å². The zero-order chi connectivity index (χ0) is 24.1. The summed E-state index contributed by atoms with van der Waals surface area (Å²) in [4.78, 5) is 32.8. The van der Waals surface area contributed by atoms with Crippen molar-refractivity contribution in [2.75, 3.05) is 12.4 Å². The van der Waals surface area contributed by atoms with E-state index in [1.54, 1.807) is 36.7 Å². The van der Waals surface area contributed by atoms with Gasteiger partial charge in [-0.1, -0.05) is 24.2 Å². The Kier molecular flexibility index (Phi) is 7.46. The van der Waals surface area contributed by atoms with Crippen molar-refractivity contribution in [1.82, 2.24) is 25.9 Å². The number of aromatic nitrogens is 2. The Balaban J connectivity index is 1.45. The van der Waals surface area contributed by atoms with E-state index >= 15 is 0 Å². The molecular formula is C24H30N6O3S. The number of carbonyl (C=O) groups is 2. The molecule has 180 valence electrons. The average molecular weight is 483 g/mol. The Hall–Kier alpha value is -3.40. The molecule has 0 unspecified atom stereocenters. The van der Waals surface area contributed by atoms with Gasteiger partial charge in [0.05, 0.1) is 16.3 Å². The molecule has 1 aliphatic carbocycles. The van der Waals surface area contributed by atoms with Crippen molar-refractivity contribution >= 4 is 38.6 Å². The van der Waals surface area contributed by atoms with E-state index in [1.807, 2.05) is 32.0 Å². The van der Waals surface area contributed by atoms with E-state index in [0.717, 1.165) is 41.0 Å². The maximum absolute atomic E-state index is 12.2. The number of amides is 3. The lowest BCUT2D eigenvalue weighted by Crippen LogP contribution is -2.52. The lowest BCUT2D eigenvalue weighted by atomic mass is 9.90. The molecule has 0 radical (unpaired) electrons. The number of benzene rings is 1. The molecule has 1 aromatic carbocycles. The van der Waals surface area contributed by atoms with Crippen LogP contribution in [0.2, 0.25) is 0 Å². The van der Waals surface area contributed by atoms with E-state index in [1.165, 1.54) is 0 Å². The number of rotatable bonds is 7. The van der Waals surface area contributed by atoms with Crippen LogP contribution >= 0.6 is 11.3 Å². The number of nitrogens with one attached hydrogen (secondary N) is 4. The van der Waals surface area contributed by atoms with Gasteiger partial charge in [0.2, 0.25) is 0 Å². The molecule has 2 atom stereocenters. The van der Waals surface area contributed by atoms with Crippen LogP contribution in [0.4, 0.5) is 9.93 Å². The van der Waals surface area contributed by atoms with Crippen LogP contribution in [-0.2, 0) is 0 Å². The predicted octanol–water partition coefficient (Wildman–Crippen LogP) is 4.27. The first-order valence-corrected chi connectivity index (χ1v) is 12.3. The molecular weight excluding hydrogens is 452 g/mol. The van der Waals surface area contributed by atoms with Crippen molar-refractivity contribution in [3.63, 3.8) is 0 Å². The average Bonchev–Trinajstić information content (AvgIpc) is 3.21.